The molecule has 0 aliphatic carbocycles. The fourth-order valence-corrected chi connectivity index (χ4v) is 2.99. The highest BCUT2D eigenvalue weighted by atomic mass is 32.1. The van der Waals surface area contributed by atoms with Crippen molar-refractivity contribution in [2.45, 2.75) is 32.9 Å². The lowest BCUT2D eigenvalue weighted by Crippen LogP contribution is -2.24. The molecule has 0 unspecified atom stereocenters. The van der Waals surface area contributed by atoms with Crippen molar-refractivity contribution in [3.63, 3.8) is 0 Å². The van der Waals surface area contributed by atoms with Crippen molar-refractivity contribution in [3.8, 4) is 11.5 Å². The highest BCUT2D eigenvalue weighted by Crippen LogP contribution is 2.23. The largest absolute Gasteiger partial charge is 0.467 e. The summed E-state index contributed by atoms with van der Waals surface area (Å²) in [4.78, 5) is 20.9. The van der Waals surface area contributed by atoms with Gasteiger partial charge >= 0.3 is 0 Å². The van der Waals surface area contributed by atoms with Crippen molar-refractivity contribution in [1.82, 2.24) is 19.9 Å². The first-order valence-corrected chi connectivity index (χ1v) is 8.28. The second-order valence-electron chi connectivity index (χ2n) is 5.41. The summed E-state index contributed by atoms with van der Waals surface area (Å²) in [5.74, 6) is 1.49. The van der Waals surface area contributed by atoms with Crippen LogP contribution in [0.2, 0.25) is 0 Å². The van der Waals surface area contributed by atoms with Crippen LogP contribution in [0.15, 0.2) is 40.6 Å². The smallest absolute Gasteiger partial charge is 0.227 e. The van der Waals surface area contributed by atoms with Crippen molar-refractivity contribution < 1.29 is 9.21 Å². The van der Waals surface area contributed by atoms with Crippen LogP contribution >= 0.6 is 11.3 Å². The van der Waals surface area contributed by atoms with E-state index in [0.29, 0.717) is 12.6 Å². The zero-order chi connectivity index (χ0) is 16.2. The van der Waals surface area contributed by atoms with Crippen LogP contribution in [0, 0.1) is 0 Å². The van der Waals surface area contributed by atoms with E-state index in [4.69, 9.17) is 4.42 Å². The molecule has 0 aliphatic rings. The Balaban J connectivity index is 1.63. The number of nitrogens with one attached hydrogen (secondary N) is 1. The number of thiazole rings is 1. The molecule has 0 radical (unpaired) electrons. The highest BCUT2D eigenvalue weighted by Gasteiger charge is 2.14. The molecule has 7 heteroatoms. The first-order valence-electron chi connectivity index (χ1n) is 7.40. The van der Waals surface area contributed by atoms with Crippen molar-refractivity contribution >= 4 is 17.2 Å². The van der Waals surface area contributed by atoms with Crippen LogP contribution in [0.1, 0.15) is 30.7 Å². The first kappa shape index (κ1) is 15.5. The zero-order valence-electron chi connectivity index (χ0n) is 13.0. The predicted octanol–water partition coefficient (Wildman–Crippen LogP) is 3.04. The Kier molecular flexibility index (Phi) is 4.57. The third-order valence-electron chi connectivity index (χ3n) is 3.36. The maximum absolute atomic E-state index is 12.0. The van der Waals surface area contributed by atoms with E-state index in [1.165, 1.54) is 11.3 Å². The van der Waals surface area contributed by atoms with Gasteiger partial charge in [0.15, 0.2) is 5.82 Å². The molecule has 120 valence electrons. The molecule has 0 aromatic carbocycles. The van der Waals surface area contributed by atoms with Crippen LogP contribution < -0.4 is 5.32 Å². The molecule has 0 spiro atoms. The Labute approximate surface area is 138 Å². The van der Waals surface area contributed by atoms with Crippen molar-refractivity contribution in [1.29, 1.82) is 0 Å². The van der Waals surface area contributed by atoms with Crippen molar-refractivity contribution in [3.05, 3.63) is 46.9 Å². The van der Waals surface area contributed by atoms with Gasteiger partial charge in [0.25, 0.3) is 0 Å². The third kappa shape index (κ3) is 3.68. The number of carbonyl (C=O) groups is 1. The number of rotatable bonds is 6. The Morgan fingerprint density at radius 1 is 1.48 bits per heavy atom. The van der Waals surface area contributed by atoms with Gasteiger partial charge in [-0.2, -0.15) is 0 Å². The number of hydrogen-bond acceptors (Lipinski definition) is 5. The standard InChI is InChI=1S/C16H18N4O2S/c1-11(2)20-6-5-17-16(20)13-10-23-15(19-13)8-14(21)18-9-12-4-3-7-22-12/h3-7,10-11H,8-9H2,1-2H3,(H,18,21). The zero-order valence-corrected chi connectivity index (χ0v) is 13.8. The molecule has 6 nitrogen and oxygen atoms in total. The van der Waals surface area contributed by atoms with Gasteiger partial charge in [0.2, 0.25) is 5.91 Å². The molecular weight excluding hydrogens is 312 g/mol. The first-order chi connectivity index (χ1) is 11.1. The van der Waals surface area contributed by atoms with E-state index in [1.54, 1.807) is 18.5 Å². The molecule has 3 heterocycles. The van der Waals surface area contributed by atoms with Gasteiger partial charge in [-0.3, -0.25) is 4.79 Å². The van der Waals surface area contributed by atoms with E-state index >= 15 is 0 Å². The van der Waals surface area contributed by atoms with E-state index in [9.17, 15) is 4.79 Å². The molecule has 1 N–H and O–H groups in total. The predicted molar refractivity (Wildman–Crippen MR) is 88.0 cm³/mol. The van der Waals surface area contributed by atoms with Crippen LogP contribution in [0.3, 0.4) is 0 Å². The summed E-state index contributed by atoms with van der Waals surface area (Å²) in [6.07, 6.45) is 5.55. The Bertz CT molecular complexity index is 774. The van der Waals surface area contributed by atoms with Crippen LogP contribution in [-0.4, -0.2) is 20.4 Å². The Hall–Kier alpha value is -2.41. The number of amides is 1. The lowest BCUT2D eigenvalue weighted by molar-refractivity contribution is -0.120. The minimum atomic E-state index is -0.0745. The molecule has 3 aromatic heterocycles. The third-order valence-corrected chi connectivity index (χ3v) is 4.21. The molecule has 1 amide bonds. The normalized spacial score (nSPS) is 11.1. The summed E-state index contributed by atoms with van der Waals surface area (Å²) in [5, 5.41) is 5.53. The summed E-state index contributed by atoms with van der Waals surface area (Å²) in [6, 6.07) is 3.94. The minimum absolute atomic E-state index is 0.0745. The van der Waals surface area contributed by atoms with Crippen LogP contribution in [0.4, 0.5) is 0 Å². The Morgan fingerprint density at radius 3 is 3.09 bits per heavy atom. The second-order valence-corrected chi connectivity index (χ2v) is 6.35. The fourth-order valence-electron chi connectivity index (χ4n) is 2.22. The SMILES string of the molecule is CC(C)n1ccnc1-c1csc(CC(=O)NCc2ccco2)n1. The Morgan fingerprint density at radius 2 is 2.35 bits per heavy atom. The van der Waals surface area contributed by atoms with Gasteiger partial charge in [-0.05, 0) is 26.0 Å². The molecule has 0 fully saturated rings. The fraction of sp³-hybridized carbons (Fsp3) is 0.312. The number of imidazole rings is 1. The number of furan rings is 1. The topological polar surface area (TPSA) is 73.0 Å². The lowest BCUT2D eigenvalue weighted by Gasteiger charge is -2.09. The maximum atomic E-state index is 12.0. The highest BCUT2D eigenvalue weighted by molar-refractivity contribution is 7.10. The van der Waals surface area contributed by atoms with E-state index in [0.717, 1.165) is 22.3 Å². The summed E-state index contributed by atoms with van der Waals surface area (Å²) in [7, 11) is 0. The average molecular weight is 330 g/mol. The van der Waals surface area contributed by atoms with Gasteiger partial charge in [0.05, 0.1) is 19.2 Å². The van der Waals surface area contributed by atoms with Gasteiger partial charge in [0.1, 0.15) is 16.5 Å². The minimum Gasteiger partial charge on any atom is -0.467 e. The molecule has 0 bridgehead atoms. The number of nitrogens with zero attached hydrogens (tertiary/aromatic N) is 3. The van der Waals surface area contributed by atoms with E-state index in [2.05, 4.69) is 33.7 Å². The van der Waals surface area contributed by atoms with Gasteiger partial charge in [-0.15, -0.1) is 11.3 Å². The molecule has 0 atom stereocenters. The summed E-state index contributed by atoms with van der Waals surface area (Å²) < 4.78 is 7.25. The molecule has 0 saturated heterocycles. The monoisotopic (exact) mass is 330 g/mol. The molecule has 0 aliphatic heterocycles. The maximum Gasteiger partial charge on any atom is 0.227 e. The van der Waals surface area contributed by atoms with E-state index in [1.807, 2.05) is 17.6 Å². The van der Waals surface area contributed by atoms with Gasteiger partial charge in [-0.1, -0.05) is 0 Å². The molecular formula is C16H18N4O2S. The summed E-state index contributed by atoms with van der Waals surface area (Å²) in [5.41, 5.74) is 0.808. The quantitative estimate of drug-likeness (QED) is 0.754. The van der Waals surface area contributed by atoms with Crippen LogP contribution in [0.25, 0.3) is 11.5 Å². The second kappa shape index (κ2) is 6.78. The average Bonchev–Trinajstić information content (AvgIpc) is 3.25. The van der Waals surface area contributed by atoms with Gasteiger partial charge in [0, 0.05) is 23.8 Å². The molecule has 3 aromatic rings. The summed E-state index contributed by atoms with van der Waals surface area (Å²) in [6.45, 7) is 4.59. The molecule has 3 rings (SSSR count). The number of aromatic nitrogens is 3. The molecule has 23 heavy (non-hydrogen) atoms. The molecule has 0 saturated carbocycles. The van der Waals surface area contributed by atoms with Gasteiger partial charge in [-0.25, -0.2) is 9.97 Å². The number of carbonyl (C=O) groups excluding carboxylic acids is 1. The van der Waals surface area contributed by atoms with E-state index < -0.39 is 0 Å². The van der Waals surface area contributed by atoms with Crippen LogP contribution in [0.5, 0.6) is 0 Å². The summed E-state index contributed by atoms with van der Waals surface area (Å²) >= 11 is 1.47. The van der Waals surface area contributed by atoms with Gasteiger partial charge < -0.3 is 14.3 Å². The number of hydrogen-bond donors (Lipinski definition) is 1. The van der Waals surface area contributed by atoms with E-state index in [-0.39, 0.29) is 12.3 Å². The van der Waals surface area contributed by atoms with Crippen molar-refractivity contribution in [2.75, 3.05) is 0 Å². The lowest BCUT2D eigenvalue weighted by atomic mass is 10.3. The van der Waals surface area contributed by atoms with Crippen molar-refractivity contribution in [2.24, 2.45) is 0 Å². The van der Waals surface area contributed by atoms with Crippen LogP contribution in [-0.2, 0) is 17.8 Å².